The molecule has 0 bridgehead atoms. The first kappa shape index (κ1) is 12.7. The Bertz CT molecular complexity index is 627. The minimum absolute atomic E-state index is 0.247. The fraction of sp³-hybridized carbons (Fsp3) is 0.500. The van der Waals surface area contributed by atoms with Crippen LogP contribution in [-0.4, -0.2) is 34.3 Å². The summed E-state index contributed by atoms with van der Waals surface area (Å²) < 4.78 is 2.34. The van der Waals surface area contributed by atoms with Gasteiger partial charge in [0.25, 0.3) is 0 Å². The lowest BCUT2D eigenvalue weighted by atomic mass is 9.99. The van der Waals surface area contributed by atoms with E-state index in [1.54, 1.807) is 0 Å². The third kappa shape index (κ3) is 1.97. The Labute approximate surface area is 114 Å². The van der Waals surface area contributed by atoms with Gasteiger partial charge in [-0.25, -0.2) is 0 Å². The summed E-state index contributed by atoms with van der Waals surface area (Å²) in [5, 5.41) is 10.6. The second-order valence-corrected chi connectivity index (χ2v) is 5.71. The molecule has 0 saturated carbocycles. The Kier molecular flexibility index (Phi) is 3.11. The fourth-order valence-electron chi connectivity index (χ4n) is 3.46. The average Bonchev–Trinajstić information content (AvgIpc) is 2.64. The van der Waals surface area contributed by atoms with Crippen molar-refractivity contribution in [2.24, 2.45) is 7.05 Å². The number of aliphatic hydroxyl groups is 1. The third-order valence-corrected chi connectivity index (χ3v) is 4.34. The molecule has 1 N–H and O–H groups in total. The van der Waals surface area contributed by atoms with E-state index in [1.165, 1.54) is 33.3 Å². The molecule has 1 aliphatic heterocycles. The van der Waals surface area contributed by atoms with E-state index in [-0.39, 0.29) is 6.61 Å². The Hall–Kier alpha value is -1.32. The largest absolute Gasteiger partial charge is 0.395 e. The molecule has 0 fully saturated rings. The van der Waals surface area contributed by atoms with Crippen LogP contribution in [0.15, 0.2) is 12.1 Å². The number of benzene rings is 1. The first-order chi connectivity index (χ1) is 9.11. The topological polar surface area (TPSA) is 28.4 Å². The predicted octanol–water partition coefficient (Wildman–Crippen LogP) is 2.15. The number of hydrogen-bond donors (Lipinski definition) is 1. The van der Waals surface area contributed by atoms with Gasteiger partial charge < -0.3 is 9.67 Å². The molecule has 1 aromatic carbocycles. The van der Waals surface area contributed by atoms with Gasteiger partial charge in [-0.2, -0.15) is 0 Å². The molecule has 19 heavy (non-hydrogen) atoms. The molecule has 1 aliphatic rings. The number of rotatable bonds is 2. The van der Waals surface area contributed by atoms with Gasteiger partial charge in [-0.15, -0.1) is 0 Å². The Morgan fingerprint density at radius 1 is 1.26 bits per heavy atom. The molecule has 0 radical (unpaired) electrons. The summed E-state index contributed by atoms with van der Waals surface area (Å²) >= 11 is 0. The molecule has 3 nitrogen and oxygen atoms in total. The number of β-amino-alcohol motifs (C(OH)–C–C–N with tert-alkyl or cyclic N) is 1. The molecular weight excluding hydrogens is 236 g/mol. The Balaban J connectivity index is 2.16. The van der Waals surface area contributed by atoms with E-state index in [1.807, 2.05) is 0 Å². The SMILES string of the molecule is Cc1cc(C)c2c3c(n(C)c2c1)CN(CCO)CC3. The Morgan fingerprint density at radius 2 is 2.05 bits per heavy atom. The highest BCUT2D eigenvalue weighted by Crippen LogP contribution is 2.32. The van der Waals surface area contributed by atoms with Crippen LogP contribution in [0, 0.1) is 13.8 Å². The number of aliphatic hydroxyl groups excluding tert-OH is 1. The molecule has 2 heterocycles. The number of fused-ring (bicyclic) bond motifs is 3. The van der Waals surface area contributed by atoms with Crippen molar-refractivity contribution in [1.82, 2.24) is 9.47 Å². The molecule has 0 saturated heterocycles. The van der Waals surface area contributed by atoms with Crippen LogP contribution in [0.4, 0.5) is 0 Å². The van der Waals surface area contributed by atoms with Crippen molar-refractivity contribution in [1.29, 1.82) is 0 Å². The van der Waals surface area contributed by atoms with E-state index in [2.05, 4.69) is 42.5 Å². The normalized spacial score (nSPS) is 16.0. The van der Waals surface area contributed by atoms with Crippen LogP contribution < -0.4 is 0 Å². The molecule has 0 atom stereocenters. The van der Waals surface area contributed by atoms with Crippen molar-refractivity contribution in [3.8, 4) is 0 Å². The maximum absolute atomic E-state index is 9.11. The fourth-order valence-corrected chi connectivity index (χ4v) is 3.46. The van der Waals surface area contributed by atoms with E-state index in [4.69, 9.17) is 5.11 Å². The monoisotopic (exact) mass is 258 g/mol. The summed E-state index contributed by atoms with van der Waals surface area (Å²) in [7, 11) is 2.17. The summed E-state index contributed by atoms with van der Waals surface area (Å²) in [5.41, 5.74) is 7.01. The van der Waals surface area contributed by atoms with Crippen molar-refractivity contribution in [2.45, 2.75) is 26.8 Å². The summed E-state index contributed by atoms with van der Waals surface area (Å²) in [5.74, 6) is 0. The minimum Gasteiger partial charge on any atom is -0.395 e. The molecule has 0 unspecified atom stereocenters. The number of nitrogens with zero attached hydrogens (tertiary/aromatic N) is 2. The molecule has 3 heteroatoms. The molecule has 3 rings (SSSR count). The molecular formula is C16H22N2O. The van der Waals surface area contributed by atoms with Gasteiger partial charge in [0.2, 0.25) is 0 Å². The van der Waals surface area contributed by atoms with Crippen molar-refractivity contribution in [3.05, 3.63) is 34.5 Å². The van der Waals surface area contributed by atoms with E-state index < -0.39 is 0 Å². The van der Waals surface area contributed by atoms with Crippen molar-refractivity contribution < 1.29 is 5.11 Å². The van der Waals surface area contributed by atoms with E-state index in [0.717, 1.165) is 26.1 Å². The van der Waals surface area contributed by atoms with Gasteiger partial charge in [0.15, 0.2) is 0 Å². The molecule has 102 valence electrons. The zero-order chi connectivity index (χ0) is 13.6. The van der Waals surface area contributed by atoms with Crippen LogP contribution in [0.2, 0.25) is 0 Å². The smallest absolute Gasteiger partial charge is 0.0558 e. The van der Waals surface area contributed by atoms with Crippen LogP contribution >= 0.6 is 0 Å². The summed E-state index contributed by atoms with van der Waals surface area (Å²) in [6.45, 7) is 7.42. The lowest BCUT2D eigenvalue weighted by Gasteiger charge is -2.27. The van der Waals surface area contributed by atoms with E-state index in [0.29, 0.717) is 0 Å². The van der Waals surface area contributed by atoms with Crippen LogP contribution in [-0.2, 0) is 20.0 Å². The Morgan fingerprint density at radius 3 is 2.79 bits per heavy atom. The standard InChI is InChI=1S/C16H22N2O/c1-11-8-12(2)16-13-4-5-18(6-7-19)10-15(13)17(3)14(16)9-11/h8-9,19H,4-7,10H2,1-3H3. The van der Waals surface area contributed by atoms with Crippen molar-refractivity contribution in [2.75, 3.05) is 19.7 Å². The maximum Gasteiger partial charge on any atom is 0.0558 e. The highest BCUT2D eigenvalue weighted by atomic mass is 16.3. The van der Waals surface area contributed by atoms with Gasteiger partial charge in [0.1, 0.15) is 0 Å². The molecule has 0 amide bonds. The highest BCUT2D eigenvalue weighted by Gasteiger charge is 2.23. The highest BCUT2D eigenvalue weighted by molar-refractivity contribution is 5.89. The number of aromatic nitrogens is 1. The van der Waals surface area contributed by atoms with E-state index in [9.17, 15) is 0 Å². The van der Waals surface area contributed by atoms with Gasteiger partial charge in [0.05, 0.1) is 6.61 Å². The van der Waals surface area contributed by atoms with Crippen LogP contribution in [0.1, 0.15) is 22.4 Å². The first-order valence-electron chi connectivity index (χ1n) is 7.02. The molecule has 2 aromatic rings. The predicted molar refractivity (Wildman–Crippen MR) is 78.5 cm³/mol. The number of hydrogen-bond acceptors (Lipinski definition) is 2. The minimum atomic E-state index is 0.247. The zero-order valence-electron chi connectivity index (χ0n) is 12.0. The number of aryl methyl sites for hydroxylation is 3. The summed E-state index contributed by atoms with van der Waals surface area (Å²) in [4.78, 5) is 2.34. The van der Waals surface area contributed by atoms with Gasteiger partial charge in [0, 0.05) is 43.3 Å². The maximum atomic E-state index is 9.11. The van der Waals surface area contributed by atoms with Gasteiger partial charge >= 0.3 is 0 Å². The lowest BCUT2D eigenvalue weighted by Crippen LogP contribution is -2.33. The lowest BCUT2D eigenvalue weighted by molar-refractivity contribution is 0.182. The first-order valence-corrected chi connectivity index (χ1v) is 7.02. The third-order valence-electron chi connectivity index (χ3n) is 4.34. The summed E-state index contributed by atoms with van der Waals surface area (Å²) in [6.07, 6.45) is 1.09. The second kappa shape index (κ2) is 4.66. The quantitative estimate of drug-likeness (QED) is 0.894. The molecule has 0 aliphatic carbocycles. The molecule has 0 spiro atoms. The van der Waals surface area contributed by atoms with Gasteiger partial charge in [-0.05, 0) is 43.0 Å². The van der Waals surface area contributed by atoms with Gasteiger partial charge in [-0.3, -0.25) is 4.90 Å². The van der Waals surface area contributed by atoms with E-state index >= 15 is 0 Å². The second-order valence-electron chi connectivity index (χ2n) is 5.71. The van der Waals surface area contributed by atoms with Crippen molar-refractivity contribution in [3.63, 3.8) is 0 Å². The average molecular weight is 258 g/mol. The van der Waals surface area contributed by atoms with Crippen molar-refractivity contribution >= 4 is 10.9 Å². The van der Waals surface area contributed by atoms with Crippen LogP contribution in [0.25, 0.3) is 10.9 Å². The van der Waals surface area contributed by atoms with Crippen LogP contribution in [0.3, 0.4) is 0 Å². The summed E-state index contributed by atoms with van der Waals surface area (Å²) in [6, 6.07) is 4.57. The van der Waals surface area contributed by atoms with Gasteiger partial charge in [-0.1, -0.05) is 6.07 Å². The zero-order valence-corrected chi connectivity index (χ0v) is 12.0. The molecule has 1 aromatic heterocycles. The van der Waals surface area contributed by atoms with Crippen LogP contribution in [0.5, 0.6) is 0 Å².